The van der Waals surface area contributed by atoms with E-state index in [1.165, 1.54) is 5.69 Å². The first-order valence-corrected chi connectivity index (χ1v) is 7.62. The second-order valence-corrected chi connectivity index (χ2v) is 5.55. The smallest absolute Gasteiger partial charge is 0.0557 e. The lowest BCUT2D eigenvalue weighted by atomic mass is 9.94. The van der Waals surface area contributed by atoms with Crippen molar-refractivity contribution in [3.8, 4) is 0 Å². The molecule has 0 bridgehead atoms. The lowest BCUT2D eigenvalue weighted by molar-refractivity contribution is 0.116. The zero-order valence-electron chi connectivity index (χ0n) is 12.4. The van der Waals surface area contributed by atoms with Crippen molar-refractivity contribution in [2.45, 2.75) is 58.7 Å². The number of rotatable bonds is 7. The van der Waals surface area contributed by atoms with Gasteiger partial charge in [-0.05, 0) is 38.8 Å². The van der Waals surface area contributed by atoms with E-state index in [1.54, 1.807) is 0 Å². The summed E-state index contributed by atoms with van der Waals surface area (Å²) in [5.41, 5.74) is 1.32. The summed E-state index contributed by atoms with van der Waals surface area (Å²) < 4.78 is 7.90. The maximum atomic E-state index is 5.75. The van der Waals surface area contributed by atoms with Crippen molar-refractivity contribution in [3.05, 3.63) is 18.0 Å². The van der Waals surface area contributed by atoms with Gasteiger partial charge in [-0.25, -0.2) is 0 Å². The van der Waals surface area contributed by atoms with Crippen LogP contribution in [-0.4, -0.2) is 29.0 Å². The maximum Gasteiger partial charge on any atom is 0.0557 e. The van der Waals surface area contributed by atoms with E-state index in [-0.39, 0.29) is 0 Å². The molecule has 1 aromatic heterocycles. The van der Waals surface area contributed by atoms with Crippen LogP contribution in [0.15, 0.2) is 12.3 Å². The highest BCUT2D eigenvalue weighted by atomic mass is 16.5. The zero-order valence-corrected chi connectivity index (χ0v) is 12.4. The number of hydrogen-bond donors (Lipinski definition) is 1. The quantitative estimate of drug-likeness (QED) is 0.824. The van der Waals surface area contributed by atoms with Crippen molar-refractivity contribution < 1.29 is 4.74 Å². The van der Waals surface area contributed by atoms with Gasteiger partial charge in [-0.15, -0.1) is 0 Å². The van der Waals surface area contributed by atoms with Crippen LogP contribution in [0, 0.1) is 5.92 Å². The van der Waals surface area contributed by atoms with E-state index in [0.29, 0.717) is 18.1 Å². The van der Waals surface area contributed by atoms with Crippen molar-refractivity contribution in [1.29, 1.82) is 0 Å². The predicted molar refractivity (Wildman–Crippen MR) is 77.1 cm³/mol. The fraction of sp³-hybridized carbons (Fsp3) is 0.800. The molecule has 108 valence electrons. The standard InChI is InChI=1S/C15H27N3O/c1-4-7-16-15(13-10-12(3)19-11-13)14-6-8-17-18(14)9-5-2/h6,8,12-13,15-16H,4-5,7,9-11H2,1-3H3. The minimum Gasteiger partial charge on any atom is -0.378 e. The SMILES string of the molecule is CCCNC(c1ccnn1CCC)C1COC(C)C1. The first-order chi connectivity index (χ1) is 9.26. The summed E-state index contributed by atoms with van der Waals surface area (Å²) in [4.78, 5) is 0. The molecule has 0 saturated carbocycles. The van der Waals surface area contributed by atoms with E-state index in [1.807, 2.05) is 6.20 Å². The van der Waals surface area contributed by atoms with Crippen LogP contribution in [0.3, 0.4) is 0 Å². The Labute approximate surface area is 116 Å². The Kier molecular flexibility index (Phi) is 5.40. The Hall–Kier alpha value is -0.870. The molecular weight excluding hydrogens is 238 g/mol. The Balaban J connectivity index is 2.13. The predicted octanol–water partition coefficient (Wildman–Crippen LogP) is 2.76. The monoisotopic (exact) mass is 265 g/mol. The minimum atomic E-state index is 0.374. The molecule has 1 saturated heterocycles. The molecule has 3 unspecified atom stereocenters. The molecule has 4 heteroatoms. The molecule has 2 heterocycles. The van der Waals surface area contributed by atoms with Crippen LogP contribution in [0.1, 0.15) is 51.8 Å². The molecule has 0 aromatic carbocycles. The number of aromatic nitrogens is 2. The van der Waals surface area contributed by atoms with Crippen LogP contribution in [0.5, 0.6) is 0 Å². The first-order valence-electron chi connectivity index (χ1n) is 7.62. The van der Waals surface area contributed by atoms with Crippen LogP contribution in [-0.2, 0) is 11.3 Å². The van der Waals surface area contributed by atoms with E-state index < -0.39 is 0 Å². The highest BCUT2D eigenvalue weighted by Gasteiger charge is 2.31. The number of ether oxygens (including phenoxy) is 1. The summed E-state index contributed by atoms with van der Waals surface area (Å²) in [5.74, 6) is 0.564. The van der Waals surface area contributed by atoms with Crippen LogP contribution in [0.4, 0.5) is 0 Å². The fourth-order valence-electron chi connectivity index (χ4n) is 2.90. The van der Waals surface area contributed by atoms with Crippen LogP contribution in [0.25, 0.3) is 0 Å². The van der Waals surface area contributed by atoms with E-state index in [9.17, 15) is 0 Å². The van der Waals surface area contributed by atoms with E-state index in [4.69, 9.17) is 4.74 Å². The summed E-state index contributed by atoms with van der Waals surface area (Å²) in [6.45, 7) is 9.48. The summed E-state index contributed by atoms with van der Waals surface area (Å²) in [6.07, 6.45) is 5.72. The van der Waals surface area contributed by atoms with Crippen LogP contribution in [0.2, 0.25) is 0 Å². The van der Waals surface area contributed by atoms with Gasteiger partial charge in [0.25, 0.3) is 0 Å². The van der Waals surface area contributed by atoms with Crippen molar-refractivity contribution in [2.24, 2.45) is 5.92 Å². The van der Waals surface area contributed by atoms with Gasteiger partial charge in [0.15, 0.2) is 0 Å². The van der Waals surface area contributed by atoms with Gasteiger partial charge in [-0.3, -0.25) is 4.68 Å². The van der Waals surface area contributed by atoms with Crippen LogP contribution >= 0.6 is 0 Å². The van der Waals surface area contributed by atoms with Crippen molar-refractivity contribution >= 4 is 0 Å². The van der Waals surface area contributed by atoms with Gasteiger partial charge >= 0.3 is 0 Å². The first kappa shape index (κ1) is 14.5. The summed E-state index contributed by atoms with van der Waals surface area (Å²) in [7, 11) is 0. The number of nitrogens with one attached hydrogen (secondary N) is 1. The molecule has 0 spiro atoms. The van der Waals surface area contributed by atoms with Gasteiger partial charge in [-0.1, -0.05) is 13.8 Å². The highest BCUT2D eigenvalue weighted by molar-refractivity contribution is 5.09. The molecule has 1 fully saturated rings. The third-order valence-electron chi connectivity index (χ3n) is 3.82. The fourth-order valence-corrected chi connectivity index (χ4v) is 2.90. The molecule has 4 nitrogen and oxygen atoms in total. The second kappa shape index (κ2) is 7.06. The van der Waals surface area contributed by atoms with Gasteiger partial charge in [0, 0.05) is 18.7 Å². The van der Waals surface area contributed by atoms with Gasteiger partial charge in [0.1, 0.15) is 0 Å². The number of nitrogens with zero attached hydrogens (tertiary/aromatic N) is 2. The molecule has 2 rings (SSSR count). The topological polar surface area (TPSA) is 39.1 Å². The van der Waals surface area contributed by atoms with Gasteiger partial charge in [-0.2, -0.15) is 5.10 Å². The molecular formula is C15H27N3O. The van der Waals surface area contributed by atoms with E-state index in [0.717, 1.165) is 39.0 Å². The van der Waals surface area contributed by atoms with Gasteiger partial charge in [0.2, 0.25) is 0 Å². The summed E-state index contributed by atoms with van der Waals surface area (Å²) in [6, 6.07) is 2.53. The van der Waals surface area contributed by atoms with Crippen LogP contribution < -0.4 is 5.32 Å². The van der Waals surface area contributed by atoms with Gasteiger partial charge < -0.3 is 10.1 Å². The van der Waals surface area contributed by atoms with E-state index >= 15 is 0 Å². The second-order valence-electron chi connectivity index (χ2n) is 5.55. The lowest BCUT2D eigenvalue weighted by Crippen LogP contribution is -2.31. The molecule has 1 aliphatic heterocycles. The average molecular weight is 265 g/mol. The number of aryl methyl sites for hydroxylation is 1. The largest absolute Gasteiger partial charge is 0.378 e. The van der Waals surface area contributed by atoms with Crippen molar-refractivity contribution in [1.82, 2.24) is 15.1 Å². The normalized spacial score (nSPS) is 24.8. The molecule has 3 atom stereocenters. The highest BCUT2D eigenvalue weighted by Crippen LogP contribution is 2.31. The molecule has 0 radical (unpaired) electrons. The van der Waals surface area contributed by atoms with Gasteiger partial charge in [0.05, 0.1) is 24.4 Å². The molecule has 0 aliphatic carbocycles. The molecule has 1 N–H and O–H groups in total. The third kappa shape index (κ3) is 3.57. The Bertz CT molecular complexity index is 377. The minimum absolute atomic E-state index is 0.374. The van der Waals surface area contributed by atoms with Crippen molar-refractivity contribution in [2.75, 3.05) is 13.2 Å². The lowest BCUT2D eigenvalue weighted by Gasteiger charge is -2.25. The van der Waals surface area contributed by atoms with Crippen molar-refractivity contribution in [3.63, 3.8) is 0 Å². The maximum absolute atomic E-state index is 5.75. The average Bonchev–Trinajstić information content (AvgIpc) is 3.01. The van der Waals surface area contributed by atoms with E-state index in [2.05, 4.69) is 41.9 Å². The Morgan fingerprint density at radius 2 is 2.32 bits per heavy atom. The Morgan fingerprint density at radius 3 is 2.95 bits per heavy atom. The number of hydrogen-bond acceptors (Lipinski definition) is 3. The molecule has 1 aliphatic rings. The third-order valence-corrected chi connectivity index (χ3v) is 3.82. The molecule has 19 heavy (non-hydrogen) atoms. The zero-order chi connectivity index (χ0) is 13.7. The summed E-state index contributed by atoms with van der Waals surface area (Å²) >= 11 is 0. The summed E-state index contributed by atoms with van der Waals surface area (Å²) in [5, 5.41) is 8.15. The molecule has 1 aromatic rings. The Morgan fingerprint density at radius 1 is 1.47 bits per heavy atom. The molecule has 0 amide bonds.